The highest BCUT2D eigenvalue weighted by Gasteiger charge is 2.24. The van der Waals surface area contributed by atoms with E-state index in [1.165, 1.54) is 22.7 Å². The number of thiophene rings is 1. The molecule has 0 atom stereocenters. The zero-order chi connectivity index (χ0) is 27.8. The van der Waals surface area contributed by atoms with Gasteiger partial charge in [0.05, 0.1) is 42.9 Å². The van der Waals surface area contributed by atoms with Crippen LogP contribution in [0.3, 0.4) is 0 Å². The molecule has 0 bridgehead atoms. The number of hydrogen-bond donors (Lipinski definition) is 2. The van der Waals surface area contributed by atoms with Gasteiger partial charge in [-0.2, -0.15) is 0 Å². The summed E-state index contributed by atoms with van der Waals surface area (Å²) in [5.41, 5.74) is 11.1. The molecule has 40 heavy (non-hydrogen) atoms. The van der Waals surface area contributed by atoms with Gasteiger partial charge in [-0.3, -0.25) is 10.1 Å². The third kappa shape index (κ3) is 4.47. The van der Waals surface area contributed by atoms with E-state index >= 15 is 0 Å². The van der Waals surface area contributed by atoms with E-state index in [2.05, 4.69) is 10.3 Å². The van der Waals surface area contributed by atoms with E-state index < -0.39 is 0 Å². The molecule has 0 saturated heterocycles. The predicted octanol–water partition coefficient (Wildman–Crippen LogP) is 7.10. The summed E-state index contributed by atoms with van der Waals surface area (Å²) in [6.07, 6.45) is 0. The van der Waals surface area contributed by atoms with Crippen molar-refractivity contribution >= 4 is 59.8 Å². The summed E-state index contributed by atoms with van der Waals surface area (Å²) in [5, 5.41) is 4.07. The maximum absolute atomic E-state index is 13.5. The summed E-state index contributed by atoms with van der Waals surface area (Å²) in [4.78, 5) is 24.0. The first kappa shape index (κ1) is 25.6. The summed E-state index contributed by atoms with van der Waals surface area (Å²) >= 11 is 2.61. The van der Waals surface area contributed by atoms with Crippen molar-refractivity contribution in [2.45, 2.75) is 0 Å². The van der Waals surface area contributed by atoms with Crippen LogP contribution in [0.5, 0.6) is 17.2 Å². The smallest absolute Gasteiger partial charge is 0.269 e. The molecule has 0 unspecified atom stereocenters. The van der Waals surface area contributed by atoms with E-state index in [-0.39, 0.29) is 5.91 Å². The second kappa shape index (κ2) is 10.5. The lowest BCUT2D eigenvalue weighted by atomic mass is 9.98. The van der Waals surface area contributed by atoms with Gasteiger partial charge < -0.3 is 19.9 Å². The predicted molar refractivity (Wildman–Crippen MR) is 162 cm³/mol. The molecule has 0 saturated carbocycles. The van der Waals surface area contributed by atoms with Crippen LogP contribution in [0.15, 0.2) is 72.8 Å². The number of nitrogens with two attached hydrogens (primary N) is 1. The molecule has 3 aromatic carbocycles. The number of ether oxygens (including phenoxy) is 3. The van der Waals surface area contributed by atoms with Gasteiger partial charge in [0, 0.05) is 22.1 Å². The summed E-state index contributed by atoms with van der Waals surface area (Å²) in [6, 6.07) is 23.1. The van der Waals surface area contributed by atoms with Crippen molar-refractivity contribution in [2.24, 2.45) is 0 Å². The Kier molecular flexibility index (Phi) is 6.71. The van der Waals surface area contributed by atoms with E-state index in [9.17, 15) is 4.79 Å². The van der Waals surface area contributed by atoms with Crippen molar-refractivity contribution in [3.63, 3.8) is 0 Å². The quantitative estimate of drug-likeness (QED) is 0.211. The lowest BCUT2D eigenvalue weighted by Crippen LogP contribution is -2.11. The van der Waals surface area contributed by atoms with Crippen molar-refractivity contribution in [1.82, 2.24) is 9.97 Å². The first-order valence-corrected chi connectivity index (χ1v) is 13.9. The van der Waals surface area contributed by atoms with Gasteiger partial charge in [0.1, 0.15) is 15.5 Å². The molecule has 0 fully saturated rings. The number of hydrogen-bond acceptors (Lipinski definition) is 9. The van der Waals surface area contributed by atoms with Gasteiger partial charge in [0.25, 0.3) is 5.91 Å². The number of methoxy groups -OCH3 is 3. The first-order valence-electron chi connectivity index (χ1n) is 12.3. The Morgan fingerprint density at radius 3 is 2.42 bits per heavy atom. The molecule has 0 aliphatic heterocycles. The average molecular weight is 569 g/mol. The van der Waals surface area contributed by atoms with Crippen LogP contribution in [0, 0.1) is 0 Å². The number of pyridine rings is 1. The minimum atomic E-state index is -0.351. The Balaban J connectivity index is 1.49. The molecule has 10 heteroatoms. The summed E-state index contributed by atoms with van der Waals surface area (Å²) in [7, 11) is 4.81. The van der Waals surface area contributed by atoms with Crippen LogP contribution in [0.1, 0.15) is 9.67 Å². The number of anilines is 2. The van der Waals surface area contributed by atoms with Crippen LogP contribution < -0.4 is 25.3 Å². The van der Waals surface area contributed by atoms with Gasteiger partial charge in [-0.15, -0.1) is 11.3 Å². The number of amides is 1. The van der Waals surface area contributed by atoms with E-state index in [1.54, 1.807) is 21.3 Å². The Bertz CT molecular complexity index is 1880. The Morgan fingerprint density at radius 1 is 0.850 bits per heavy atom. The molecule has 3 heterocycles. The van der Waals surface area contributed by atoms with E-state index in [4.69, 9.17) is 24.9 Å². The highest BCUT2D eigenvalue weighted by Crippen LogP contribution is 2.46. The molecule has 6 aromatic rings. The van der Waals surface area contributed by atoms with Crippen LogP contribution in [-0.4, -0.2) is 37.2 Å². The number of nitrogen functional groups attached to an aromatic ring is 1. The van der Waals surface area contributed by atoms with Crippen molar-refractivity contribution < 1.29 is 19.0 Å². The Morgan fingerprint density at radius 2 is 1.68 bits per heavy atom. The minimum Gasteiger partial charge on any atom is -0.497 e. The van der Waals surface area contributed by atoms with Gasteiger partial charge in [0.15, 0.2) is 16.6 Å². The summed E-state index contributed by atoms with van der Waals surface area (Å²) in [5.74, 6) is 1.53. The molecule has 1 amide bonds. The van der Waals surface area contributed by atoms with Crippen molar-refractivity contribution in [2.75, 3.05) is 32.4 Å². The molecule has 0 aliphatic rings. The Labute approximate surface area is 238 Å². The van der Waals surface area contributed by atoms with Crippen LogP contribution in [0.2, 0.25) is 0 Å². The second-order valence-corrected chi connectivity index (χ2v) is 10.8. The molecule has 6 rings (SSSR count). The highest BCUT2D eigenvalue weighted by molar-refractivity contribution is 7.23. The SMILES string of the molecule is COc1ccc2nc(NC(=O)c3sc4nc(-c5ccccc5)cc(-c5cccc(OC)c5OC)c4c3N)sc2c1. The average Bonchev–Trinajstić information content (AvgIpc) is 3.55. The lowest BCUT2D eigenvalue weighted by Gasteiger charge is -2.15. The van der Waals surface area contributed by atoms with Crippen LogP contribution in [0.25, 0.3) is 42.8 Å². The van der Waals surface area contributed by atoms with Crippen LogP contribution in [-0.2, 0) is 0 Å². The fourth-order valence-electron chi connectivity index (χ4n) is 4.60. The van der Waals surface area contributed by atoms with Gasteiger partial charge in [-0.1, -0.05) is 53.8 Å². The van der Waals surface area contributed by atoms with Crippen molar-refractivity contribution in [1.29, 1.82) is 0 Å². The number of benzene rings is 3. The molecule has 200 valence electrons. The number of rotatable bonds is 7. The van der Waals surface area contributed by atoms with Crippen LogP contribution in [0.4, 0.5) is 10.8 Å². The normalized spacial score (nSPS) is 11.1. The van der Waals surface area contributed by atoms with Gasteiger partial charge in [-0.05, 0) is 30.3 Å². The largest absolute Gasteiger partial charge is 0.497 e. The molecular weight excluding hydrogens is 544 g/mol. The number of carbonyl (C=O) groups excluding carboxylic acids is 1. The zero-order valence-electron chi connectivity index (χ0n) is 21.8. The van der Waals surface area contributed by atoms with Crippen molar-refractivity contribution in [3.05, 3.63) is 77.7 Å². The maximum atomic E-state index is 13.5. The number of para-hydroxylation sites is 1. The van der Waals surface area contributed by atoms with E-state index in [1.807, 2.05) is 72.8 Å². The summed E-state index contributed by atoms with van der Waals surface area (Å²) < 4.78 is 17.5. The van der Waals surface area contributed by atoms with Gasteiger partial charge in [-0.25, -0.2) is 9.97 Å². The molecule has 8 nitrogen and oxygen atoms in total. The second-order valence-electron chi connectivity index (χ2n) is 8.79. The molecular formula is C30H24N4O4S2. The molecule has 3 N–H and O–H groups in total. The van der Waals surface area contributed by atoms with Gasteiger partial charge in [0.2, 0.25) is 0 Å². The number of nitrogens with one attached hydrogen (secondary N) is 1. The zero-order valence-corrected chi connectivity index (χ0v) is 23.5. The van der Waals surface area contributed by atoms with E-state index in [0.717, 1.165) is 38.4 Å². The molecule has 0 aliphatic carbocycles. The molecule has 0 radical (unpaired) electrons. The fourth-order valence-corrected chi connectivity index (χ4v) is 6.50. The summed E-state index contributed by atoms with van der Waals surface area (Å²) in [6.45, 7) is 0. The van der Waals surface area contributed by atoms with E-state index in [0.29, 0.717) is 37.4 Å². The standard InChI is InChI=1S/C30H24N4O4S2/c1-36-17-12-13-20-23(14-17)39-30(33-20)34-28(35)27-25(31)24-19(18-10-7-11-22(37-2)26(18)38-3)15-21(32-29(24)40-27)16-8-5-4-6-9-16/h4-15H,31H2,1-3H3,(H,33,34,35). The first-order chi connectivity index (χ1) is 19.5. The van der Waals surface area contributed by atoms with Crippen LogP contribution >= 0.6 is 22.7 Å². The third-order valence-corrected chi connectivity index (χ3v) is 8.52. The number of nitrogens with zero attached hydrogens (tertiary/aromatic N) is 2. The lowest BCUT2D eigenvalue weighted by molar-refractivity contribution is 0.103. The fraction of sp³-hybridized carbons (Fsp3) is 0.100. The minimum absolute atomic E-state index is 0.340. The number of fused-ring (bicyclic) bond motifs is 2. The number of carbonyl (C=O) groups is 1. The highest BCUT2D eigenvalue weighted by atomic mass is 32.1. The third-order valence-electron chi connectivity index (χ3n) is 6.48. The molecule has 3 aromatic heterocycles. The van der Waals surface area contributed by atoms with Gasteiger partial charge >= 0.3 is 0 Å². The molecule has 0 spiro atoms. The monoisotopic (exact) mass is 568 g/mol. The number of aromatic nitrogens is 2. The topological polar surface area (TPSA) is 109 Å². The van der Waals surface area contributed by atoms with Crippen molar-refractivity contribution in [3.8, 4) is 39.6 Å². The Hall–Kier alpha value is -4.67. The number of thiazole rings is 1. The maximum Gasteiger partial charge on any atom is 0.269 e.